The number of aldehydes is 1. The molecule has 0 saturated heterocycles. The number of carbonyl (C=O) groups excluding carboxylic acids is 2. The first kappa shape index (κ1) is 14.9. The number of hydrogen-bond donors (Lipinski definition) is 0. The van der Waals surface area contributed by atoms with E-state index in [-0.39, 0.29) is 30.3 Å². The minimum Gasteiger partial charge on any atom is -0.465 e. The third-order valence-electron chi connectivity index (χ3n) is 2.84. The zero-order valence-electron chi connectivity index (χ0n) is 12.1. The summed E-state index contributed by atoms with van der Waals surface area (Å²) in [6.07, 6.45) is 0.562. The lowest BCUT2D eigenvalue weighted by Gasteiger charge is -2.11. The van der Waals surface area contributed by atoms with E-state index in [1.54, 1.807) is 6.92 Å². The molecule has 0 unspecified atom stereocenters. The van der Waals surface area contributed by atoms with Crippen LogP contribution < -0.4 is 5.56 Å². The van der Waals surface area contributed by atoms with Crippen molar-refractivity contribution in [2.45, 2.75) is 33.2 Å². The Morgan fingerprint density at radius 3 is 2.71 bits per heavy atom. The summed E-state index contributed by atoms with van der Waals surface area (Å²) in [5, 5.41) is 8.18. The number of hydrogen-bond acceptors (Lipinski definition) is 6. The van der Waals surface area contributed by atoms with Crippen molar-refractivity contribution >= 4 is 17.8 Å². The lowest BCUT2D eigenvalue weighted by atomic mass is 10.2. The van der Waals surface area contributed by atoms with E-state index >= 15 is 0 Å². The van der Waals surface area contributed by atoms with Crippen LogP contribution in [0.15, 0.2) is 10.9 Å². The maximum absolute atomic E-state index is 12.3. The molecule has 0 fully saturated rings. The normalized spacial score (nSPS) is 11.0. The minimum atomic E-state index is -0.540. The van der Waals surface area contributed by atoms with Gasteiger partial charge in [0, 0.05) is 12.0 Å². The van der Waals surface area contributed by atoms with Gasteiger partial charge in [0.2, 0.25) is 0 Å². The van der Waals surface area contributed by atoms with Crippen molar-refractivity contribution in [2.24, 2.45) is 0 Å². The molecule has 8 heteroatoms. The van der Waals surface area contributed by atoms with Gasteiger partial charge < -0.3 is 4.74 Å². The van der Waals surface area contributed by atoms with E-state index in [1.807, 2.05) is 13.8 Å². The van der Waals surface area contributed by atoms with Gasteiger partial charge in [0.1, 0.15) is 17.8 Å². The van der Waals surface area contributed by atoms with Gasteiger partial charge in [-0.3, -0.25) is 14.4 Å². The van der Waals surface area contributed by atoms with Crippen molar-refractivity contribution in [1.82, 2.24) is 19.4 Å². The van der Waals surface area contributed by atoms with Crippen LogP contribution >= 0.6 is 0 Å². The number of rotatable bonds is 5. The first-order valence-electron chi connectivity index (χ1n) is 6.59. The summed E-state index contributed by atoms with van der Waals surface area (Å²) < 4.78 is 7.21. The largest absolute Gasteiger partial charge is 0.465 e. The Bertz CT molecular complexity index is 744. The highest BCUT2D eigenvalue weighted by Gasteiger charge is 2.17. The number of aromatic nitrogens is 4. The fourth-order valence-corrected chi connectivity index (χ4v) is 1.92. The molecule has 0 aliphatic rings. The number of fused-ring (bicyclic) bond motifs is 1. The molecule has 8 nitrogen and oxygen atoms in total. The molecule has 0 radical (unpaired) electrons. The molecule has 0 N–H and O–H groups in total. The maximum Gasteiger partial charge on any atom is 0.327 e. The minimum absolute atomic E-state index is 0.0408. The molecular weight excluding hydrogens is 276 g/mol. The molecule has 0 spiro atoms. The van der Waals surface area contributed by atoms with Crippen LogP contribution in [0.25, 0.3) is 5.52 Å². The number of esters is 1. The molecule has 0 bridgehead atoms. The van der Waals surface area contributed by atoms with Gasteiger partial charge in [0.25, 0.3) is 5.56 Å². The monoisotopic (exact) mass is 292 g/mol. The highest BCUT2D eigenvalue weighted by Crippen LogP contribution is 2.12. The second-order valence-corrected chi connectivity index (χ2v) is 4.76. The number of nitrogens with zero attached hydrogens (tertiary/aromatic N) is 4. The standard InChI is InChI=1S/C13H16N4O4/c1-4-21-11(19)6-16-13(20)10-5-9(7-18)14-17(10)12(15-16)8(2)3/h5,7-8H,4,6H2,1-3H3. The first-order chi connectivity index (χ1) is 9.97. The number of carbonyl (C=O) groups is 2. The molecule has 0 saturated carbocycles. The molecule has 0 aliphatic heterocycles. The Balaban J connectivity index is 2.61. The van der Waals surface area contributed by atoms with Gasteiger partial charge in [-0.05, 0) is 6.92 Å². The van der Waals surface area contributed by atoms with Crippen molar-refractivity contribution in [3.8, 4) is 0 Å². The quantitative estimate of drug-likeness (QED) is 0.584. The predicted octanol–water partition coefficient (Wildman–Crippen LogP) is 0.390. The molecule has 0 amide bonds. The third kappa shape index (κ3) is 2.83. The fourth-order valence-electron chi connectivity index (χ4n) is 1.92. The van der Waals surface area contributed by atoms with Crippen LogP contribution in [-0.4, -0.2) is 38.3 Å². The second kappa shape index (κ2) is 5.86. The highest BCUT2D eigenvalue weighted by atomic mass is 16.5. The van der Waals surface area contributed by atoms with Crippen LogP contribution in [0.4, 0.5) is 0 Å². The molecule has 2 aromatic rings. The Morgan fingerprint density at radius 1 is 1.43 bits per heavy atom. The van der Waals surface area contributed by atoms with E-state index < -0.39 is 11.5 Å². The van der Waals surface area contributed by atoms with Gasteiger partial charge in [-0.2, -0.15) is 10.2 Å². The van der Waals surface area contributed by atoms with E-state index in [1.165, 1.54) is 10.6 Å². The van der Waals surface area contributed by atoms with Crippen molar-refractivity contribution < 1.29 is 14.3 Å². The Labute approximate surface area is 120 Å². The van der Waals surface area contributed by atoms with Gasteiger partial charge in [-0.15, -0.1) is 0 Å². The highest BCUT2D eigenvalue weighted by molar-refractivity contribution is 5.75. The van der Waals surface area contributed by atoms with Gasteiger partial charge in [-0.25, -0.2) is 9.20 Å². The summed E-state index contributed by atoms with van der Waals surface area (Å²) in [4.78, 5) is 34.7. The average Bonchev–Trinajstić information content (AvgIpc) is 2.86. The second-order valence-electron chi connectivity index (χ2n) is 4.76. The van der Waals surface area contributed by atoms with Crippen molar-refractivity contribution in [1.29, 1.82) is 0 Å². The Hall–Kier alpha value is -2.51. The Morgan fingerprint density at radius 2 is 2.14 bits per heavy atom. The van der Waals surface area contributed by atoms with Gasteiger partial charge in [-0.1, -0.05) is 13.8 Å². The van der Waals surface area contributed by atoms with E-state index in [0.717, 1.165) is 4.68 Å². The van der Waals surface area contributed by atoms with Crippen LogP contribution in [-0.2, 0) is 16.1 Å². The van der Waals surface area contributed by atoms with Crippen LogP contribution in [0.3, 0.4) is 0 Å². The van der Waals surface area contributed by atoms with Crippen molar-refractivity contribution in [3.63, 3.8) is 0 Å². The molecule has 2 heterocycles. The first-order valence-corrected chi connectivity index (χ1v) is 6.59. The molecular formula is C13H16N4O4. The van der Waals surface area contributed by atoms with Crippen molar-refractivity contribution in [3.05, 3.63) is 27.9 Å². The smallest absolute Gasteiger partial charge is 0.327 e. The van der Waals surface area contributed by atoms with Gasteiger partial charge in [0.05, 0.1) is 6.61 Å². The predicted molar refractivity (Wildman–Crippen MR) is 73.4 cm³/mol. The molecule has 0 atom stereocenters. The lowest BCUT2D eigenvalue weighted by molar-refractivity contribution is -0.144. The SMILES string of the molecule is CCOC(=O)Cn1nc(C(C)C)n2nc(C=O)cc2c1=O. The molecule has 2 aromatic heterocycles. The van der Waals surface area contributed by atoms with E-state index in [2.05, 4.69) is 10.2 Å². The van der Waals surface area contributed by atoms with E-state index in [9.17, 15) is 14.4 Å². The topological polar surface area (TPSA) is 95.6 Å². The van der Waals surface area contributed by atoms with Crippen LogP contribution in [0, 0.1) is 0 Å². The number of ether oxygens (including phenoxy) is 1. The van der Waals surface area contributed by atoms with Gasteiger partial charge in [0.15, 0.2) is 12.1 Å². The van der Waals surface area contributed by atoms with Crippen LogP contribution in [0.5, 0.6) is 0 Å². The van der Waals surface area contributed by atoms with Crippen LogP contribution in [0.2, 0.25) is 0 Å². The summed E-state index contributed by atoms with van der Waals surface area (Å²) >= 11 is 0. The zero-order valence-corrected chi connectivity index (χ0v) is 12.1. The van der Waals surface area contributed by atoms with E-state index in [0.29, 0.717) is 12.1 Å². The zero-order chi connectivity index (χ0) is 15.6. The molecule has 0 aromatic carbocycles. The molecule has 21 heavy (non-hydrogen) atoms. The molecule has 112 valence electrons. The van der Waals surface area contributed by atoms with E-state index in [4.69, 9.17) is 4.74 Å². The average molecular weight is 292 g/mol. The Kier molecular flexibility index (Phi) is 4.15. The molecule has 0 aliphatic carbocycles. The van der Waals surface area contributed by atoms with Crippen molar-refractivity contribution in [2.75, 3.05) is 6.61 Å². The summed E-state index contributed by atoms with van der Waals surface area (Å²) in [5.74, 6) is -0.0933. The lowest BCUT2D eigenvalue weighted by Crippen LogP contribution is -2.31. The molecule has 2 rings (SSSR count). The summed E-state index contributed by atoms with van der Waals surface area (Å²) in [6, 6.07) is 1.38. The summed E-state index contributed by atoms with van der Waals surface area (Å²) in [5.41, 5.74) is -0.141. The van der Waals surface area contributed by atoms with Crippen LogP contribution in [0.1, 0.15) is 43.0 Å². The van der Waals surface area contributed by atoms with Gasteiger partial charge >= 0.3 is 5.97 Å². The summed E-state index contributed by atoms with van der Waals surface area (Å²) in [7, 11) is 0. The maximum atomic E-state index is 12.3. The fraction of sp³-hybridized carbons (Fsp3) is 0.462. The summed E-state index contributed by atoms with van der Waals surface area (Å²) in [6.45, 7) is 5.40. The third-order valence-corrected chi connectivity index (χ3v) is 2.84.